The van der Waals surface area contributed by atoms with E-state index in [9.17, 15) is 14.0 Å². The Morgan fingerprint density at radius 2 is 2.00 bits per heavy atom. The lowest BCUT2D eigenvalue weighted by atomic mass is 9.86. The van der Waals surface area contributed by atoms with Crippen molar-refractivity contribution in [2.24, 2.45) is 0 Å². The average Bonchev–Trinajstić information content (AvgIpc) is 3.30. The highest BCUT2D eigenvalue weighted by Gasteiger charge is 2.34. The molecule has 170 valence electrons. The summed E-state index contributed by atoms with van der Waals surface area (Å²) in [5, 5.41) is 5.74. The number of benzene rings is 1. The largest absolute Gasteiger partial charge is 0.358 e. The number of anilines is 1. The van der Waals surface area contributed by atoms with Crippen molar-refractivity contribution in [1.82, 2.24) is 15.2 Å². The molecule has 7 heteroatoms. The van der Waals surface area contributed by atoms with Crippen LogP contribution in [0.5, 0.6) is 0 Å². The van der Waals surface area contributed by atoms with E-state index >= 15 is 0 Å². The lowest BCUT2D eigenvalue weighted by Gasteiger charge is -2.19. The maximum Gasteiger partial charge on any atom is 0.256 e. The summed E-state index contributed by atoms with van der Waals surface area (Å²) in [5.74, 6) is -0.800. The number of aromatic nitrogens is 1. The Bertz CT molecular complexity index is 1080. The van der Waals surface area contributed by atoms with Crippen LogP contribution in [0.1, 0.15) is 66.0 Å². The summed E-state index contributed by atoms with van der Waals surface area (Å²) >= 11 is 0. The number of H-pyrrole nitrogens is 1. The summed E-state index contributed by atoms with van der Waals surface area (Å²) in [4.78, 5) is 31.5. The van der Waals surface area contributed by atoms with Crippen molar-refractivity contribution in [3.63, 3.8) is 0 Å². The molecule has 3 N–H and O–H groups in total. The normalized spacial score (nSPS) is 17.3. The molecular formula is C25H31FN4O2. The predicted octanol–water partition coefficient (Wildman–Crippen LogP) is 4.12. The summed E-state index contributed by atoms with van der Waals surface area (Å²) < 4.78 is 14.2. The number of carbonyl (C=O) groups is 2. The van der Waals surface area contributed by atoms with Crippen LogP contribution in [-0.2, 0) is 11.2 Å². The highest BCUT2D eigenvalue weighted by Crippen LogP contribution is 2.43. The minimum atomic E-state index is -0.435. The standard InChI is InChI=1S/C25H31FN4O2/c1-4-30(5-2)14-8-13-27-24(31)20-15(3)28-22-16(20)9-6-10-17(22)21-18-11-7-12-19(26)23(18)29-25(21)32/h7,11-12,28H,4-6,8-10,13-14H2,1-3H3,(H,27,31)(H,29,32). The van der Waals surface area contributed by atoms with Gasteiger partial charge in [-0.05, 0) is 69.4 Å². The van der Waals surface area contributed by atoms with E-state index in [0.717, 1.165) is 61.4 Å². The van der Waals surface area contributed by atoms with Crippen LogP contribution in [0.15, 0.2) is 18.2 Å². The molecule has 1 aliphatic carbocycles. The number of nitrogens with zero attached hydrogens (tertiary/aromatic N) is 1. The quantitative estimate of drug-likeness (QED) is 0.450. The van der Waals surface area contributed by atoms with Gasteiger partial charge in [0.05, 0.1) is 16.8 Å². The third-order valence-electron chi connectivity index (χ3n) is 6.55. The summed E-state index contributed by atoms with van der Waals surface area (Å²) in [5.41, 5.74) is 5.46. The molecule has 1 aromatic carbocycles. The SMILES string of the molecule is CCN(CC)CCCNC(=O)c1c(C)[nH]c2c1CCCC2=C1C(=O)Nc2c(F)cccc21. The van der Waals surface area contributed by atoms with Crippen molar-refractivity contribution in [3.8, 4) is 0 Å². The zero-order valence-electron chi connectivity index (χ0n) is 19.0. The second-order valence-electron chi connectivity index (χ2n) is 8.44. The number of nitrogens with one attached hydrogen (secondary N) is 3. The van der Waals surface area contributed by atoms with E-state index in [-0.39, 0.29) is 17.5 Å². The van der Waals surface area contributed by atoms with Gasteiger partial charge < -0.3 is 20.5 Å². The van der Waals surface area contributed by atoms with Crippen molar-refractivity contribution >= 4 is 28.6 Å². The van der Waals surface area contributed by atoms with Gasteiger partial charge in [-0.25, -0.2) is 4.39 Å². The summed E-state index contributed by atoms with van der Waals surface area (Å²) in [6, 6.07) is 4.74. The molecule has 0 unspecified atom stereocenters. The van der Waals surface area contributed by atoms with Crippen molar-refractivity contribution in [1.29, 1.82) is 0 Å². The van der Waals surface area contributed by atoms with Gasteiger partial charge in [-0.2, -0.15) is 0 Å². The first-order valence-electron chi connectivity index (χ1n) is 11.5. The highest BCUT2D eigenvalue weighted by molar-refractivity contribution is 6.37. The van der Waals surface area contributed by atoms with E-state index in [4.69, 9.17) is 0 Å². The molecule has 0 fully saturated rings. The average molecular weight is 439 g/mol. The number of allylic oxidation sites excluding steroid dienone is 1. The number of hydrogen-bond acceptors (Lipinski definition) is 3. The minimum Gasteiger partial charge on any atom is -0.358 e. The molecule has 0 radical (unpaired) electrons. The van der Waals surface area contributed by atoms with Gasteiger partial charge in [0.15, 0.2) is 0 Å². The Kier molecular flexibility index (Phi) is 6.46. The van der Waals surface area contributed by atoms with Crippen LogP contribution in [-0.4, -0.2) is 47.9 Å². The molecule has 2 amide bonds. The van der Waals surface area contributed by atoms with Crippen LogP contribution in [0.4, 0.5) is 10.1 Å². The van der Waals surface area contributed by atoms with Crippen LogP contribution in [0.2, 0.25) is 0 Å². The van der Waals surface area contributed by atoms with Crippen LogP contribution in [0, 0.1) is 12.7 Å². The minimum absolute atomic E-state index is 0.0758. The summed E-state index contributed by atoms with van der Waals surface area (Å²) in [6.45, 7) is 9.77. The zero-order valence-corrected chi connectivity index (χ0v) is 19.0. The van der Waals surface area contributed by atoms with Crippen LogP contribution < -0.4 is 10.6 Å². The molecule has 2 aromatic rings. The predicted molar refractivity (Wildman–Crippen MR) is 125 cm³/mol. The van der Waals surface area contributed by atoms with Crippen molar-refractivity contribution in [2.45, 2.75) is 46.5 Å². The molecule has 2 aliphatic rings. The number of carbonyl (C=O) groups excluding carboxylic acids is 2. The van der Waals surface area contributed by atoms with E-state index in [1.165, 1.54) is 6.07 Å². The number of aryl methyl sites for hydroxylation is 1. The maximum atomic E-state index is 14.2. The van der Waals surface area contributed by atoms with Gasteiger partial charge in [-0.3, -0.25) is 9.59 Å². The molecule has 0 atom stereocenters. The number of rotatable bonds is 7. The highest BCUT2D eigenvalue weighted by atomic mass is 19.1. The fourth-order valence-corrected chi connectivity index (χ4v) is 4.90. The lowest BCUT2D eigenvalue weighted by Crippen LogP contribution is -2.30. The second kappa shape index (κ2) is 9.28. The first-order chi connectivity index (χ1) is 15.5. The van der Waals surface area contributed by atoms with Crippen molar-refractivity contribution in [2.75, 3.05) is 31.5 Å². The maximum absolute atomic E-state index is 14.2. The molecule has 2 heterocycles. The van der Waals surface area contributed by atoms with Gasteiger partial charge in [0.1, 0.15) is 5.82 Å². The van der Waals surface area contributed by atoms with Crippen LogP contribution in [0.25, 0.3) is 11.1 Å². The van der Waals surface area contributed by atoms with Gasteiger partial charge in [0.25, 0.3) is 11.8 Å². The Labute approximate surface area is 188 Å². The number of para-hydroxylation sites is 1. The Balaban J connectivity index is 1.61. The van der Waals surface area contributed by atoms with Crippen molar-refractivity contribution in [3.05, 3.63) is 52.1 Å². The molecular weight excluding hydrogens is 407 g/mol. The molecule has 0 saturated heterocycles. The molecule has 1 aromatic heterocycles. The van der Waals surface area contributed by atoms with Gasteiger partial charge in [0.2, 0.25) is 0 Å². The third kappa shape index (κ3) is 3.97. The van der Waals surface area contributed by atoms with Gasteiger partial charge in [0, 0.05) is 23.5 Å². The molecule has 6 nitrogen and oxygen atoms in total. The first kappa shape index (κ1) is 22.3. The fourth-order valence-electron chi connectivity index (χ4n) is 4.90. The van der Waals surface area contributed by atoms with E-state index < -0.39 is 5.82 Å². The number of amides is 2. The molecule has 32 heavy (non-hydrogen) atoms. The fraction of sp³-hybridized carbons (Fsp3) is 0.440. The number of aromatic amines is 1. The second-order valence-corrected chi connectivity index (χ2v) is 8.44. The first-order valence-corrected chi connectivity index (χ1v) is 11.5. The molecule has 0 bridgehead atoms. The number of fused-ring (bicyclic) bond motifs is 2. The van der Waals surface area contributed by atoms with E-state index in [0.29, 0.717) is 29.7 Å². The summed E-state index contributed by atoms with van der Waals surface area (Å²) in [6.07, 6.45) is 3.22. The van der Waals surface area contributed by atoms with E-state index in [1.807, 2.05) is 6.92 Å². The lowest BCUT2D eigenvalue weighted by molar-refractivity contribution is -0.110. The van der Waals surface area contributed by atoms with Gasteiger partial charge in [-0.15, -0.1) is 0 Å². The third-order valence-corrected chi connectivity index (χ3v) is 6.55. The van der Waals surface area contributed by atoms with E-state index in [1.54, 1.807) is 12.1 Å². The van der Waals surface area contributed by atoms with Gasteiger partial charge in [-0.1, -0.05) is 26.0 Å². The Hall–Kier alpha value is -2.93. The van der Waals surface area contributed by atoms with Crippen LogP contribution in [0.3, 0.4) is 0 Å². The summed E-state index contributed by atoms with van der Waals surface area (Å²) in [7, 11) is 0. The Morgan fingerprint density at radius 3 is 2.75 bits per heavy atom. The topological polar surface area (TPSA) is 77.2 Å². The van der Waals surface area contributed by atoms with Crippen molar-refractivity contribution < 1.29 is 14.0 Å². The smallest absolute Gasteiger partial charge is 0.256 e. The van der Waals surface area contributed by atoms with Gasteiger partial charge >= 0.3 is 0 Å². The number of hydrogen-bond donors (Lipinski definition) is 3. The number of halogens is 1. The van der Waals surface area contributed by atoms with E-state index in [2.05, 4.69) is 34.4 Å². The Morgan fingerprint density at radius 1 is 1.22 bits per heavy atom. The van der Waals surface area contributed by atoms with Crippen LogP contribution >= 0.6 is 0 Å². The molecule has 0 saturated carbocycles. The molecule has 1 aliphatic heterocycles. The molecule has 0 spiro atoms. The zero-order chi connectivity index (χ0) is 22.8. The molecule has 4 rings (SSSR count). The monoisotopic (exact) mass is 438 g/mol.